The lowest BCUT2D eigenvalue weighted by Gasteiger charge is -2.12. The van der Waals surface area contributed by atoms with Crippen LogP contribution in [0.5, 0.6) is 0 Å². The lowest BCUT2D eigenvalue weighted by Crippen LogP contribution is -2.02. The van der Waals surface area contributed by atoms with Gasteiger partial charge in [-0.2, -0.15) is 0 Å². The summed E-state index contributed by atoms with van der Waals surface area (Å²) < 4.78 is 17.4. The number of fused-ring (bicyclic) bond motifs is 1. The van der Waals surface area contributed by atoms with Crippen molar-refractivity contribution in [2.24, 2.45) is 0 Å². The zero-order chi connectivity index (χ0) is 15.1. The highest BCUT2D eigenvalue weighted by Gasteiger charge is 2.16. The van der Waals surface area contributed by atoms with Crippen molar-refractivity contribution in [3.63, 3.8) is 0 Å². The van der Waals surface area contributed by atoms with E-state index in [1.54, 1.807) is 6.07 Å². The molecular weight excluding hydrogens is 469 g/mol. The highest BCUT2D eigenvalue weighted by molar-refractivity contribution is 14.1. The Morgan fingerprint density at radius 3 is 2.86 bits per heavy atom. The minimum absolute atomic E-state index is 0.252. The molecule has 0 radical (unpaired) electrons. The fourth-order valence-electron chi connectivity index (χ4n) is 2.32. The topological polar surface area (TPSA) is 17.8 Å². The van der Waals surface area contributed by atoms with E-state index in [2.05, 4.69) is 20.9 Å². The first-order valence-corrected chi connectivity index (χ1v) is 8.61. The van der Waals surface area contributed by atoms with Gasteiger partial charge in [0, 0.05) is 10.5 Å². The van der Waals surface area contributed by atoms with Crippen LogP contribution in [-0.4, -0.2) is 9.55 Å². The maximum Gasteiger partial charge on any atom is 0.138 e. The SMILES string of the molecule is Cc1c(Br)cccc1-n1c(CCl)nc2cc(I)c(F)cc21. The van der Waals surface area contributed by atoms with Gasteiger partial charge in [0.15, 0.2) is 0 Å². The van der Waals surface area contributed by atoms with Crippen LogP contribution in [0.3, 0.4) is 0 Å². The summed E-state index contributed by atoms with van der Waals surface area (Å²) in [5.41, 5.74) is 3.48. The number of nitrogens with zero attached hydrogens (tertiary/aromatic N) is 2. The van der Waals surface area contributed by atoms with Crippen molar-refractivity contribution < 1.29 is 4.39 Å². The van der Waals surface area contributed by atoms with Crippen molar-refractivity contribution in [3.05, 3.63) is 55.6 Å². The summed E-state index contributed by atoms with van der Waals surface area (Å²) >= 11 is 11.5. The Labute approximate surface area is 148 Å². The van der Waals surface area contributed by atoms with E-state index in [1.165, 1.54) is 6.07 Å². The van der Waals surface area contributed by atoms with Gasteiger partial charge in [0.25, 0.3) is 0 Å². The molecule has 0 aliphatic rings. The number of rotatable bonds is 2. The van der Waals surface area contributed by atoms with E-state index < -0.39 is 0 Å². The second-order valence-electron chi connectivity index (χ2n) is 4.64. The van der Waals surface area contributed by atoms with E-state index >= 15 is 0 Å². The molecule has 0 N–H and O–H groups in total. The quantitative estimate of drug-likeness (QED) is 0.347. The molecule has 1 aromatic heterocycles. The molecule has 1 heterocycles. The summed E-state index contributed by atoms with van der Waals surface area (Å²) in [7, 11) is 0. The lowest BCUT2D eigenvalue weighted by atomic mass is 10.2. The standard InChI is InChI=1S/C15H10BrClFIN2/c1-8-9(16)3-2-4-13(8)21-14-5-10(18)11(19)6-12(14)20-15(21)7-17/h2-6H,7H2,1H3. The normalized spacial score (nSPS) is 11.3. The van der Waals surface area contributed by atoms with E-state index in [0.29, 0.717) is 9.39 Å². The van der Waals surface area contributed by atoms with E-state index in [1.807, 2.05) is 52.3 Å². The van der Waals surface area contributed by atoms with Gasteiger partial charge >= 0.3 is 0 Å². The minimum Gasteiger partial charge on any atom is -0.295 e. The summed E-state index contributed by atoms with van der Waals surface area (Å²) in [5.74, 6) is 0.714. The van der Waals surface area contributed by atoms with Crippen molar-refractivity contribution in [3.8, 4) is 5.69 Å². The number of alkyl halides is 1. The molecule has 108 valence electrons. The average Bonchev–Trinajstić information content (AvgIpc) is 2.80. The lowest BCUT2D eigenvalue weighted by molar-refractivity contribution is 0.621. The molecule has 0 aliphatic carbocycles. The number of imidazole rings is 1. The Morgan fingerprint density at radius 2 is 2.14 bits per heavy atom. The predicted octanol–water partition coefficient (Wildman–Crippen LogP) is 5.58. The van der Waals surface area contributed by atoms with Crippen LogP contribution in [0, 0.1) is 16.3 Å². The Kier molecular flexibility index (Phi) is 4.25. The van der Waals surface area contributed by atoms with Gasteiger partial charge in [0.1, 0.15) is 11.6 Å². The first-order chi connectivity index (χ1) is 10.0. The predicted molar refractivity (Wildman–Crippen MR) is 95.7 cm³/mol. The first-order valence-electron chi connectivity index (χ1n) is 6.20. The van der Waals surface area contributed by atoms with E-state index in [4.69, 9.17) is 11.6 Å². The fraction of sp³-hybridized carbons (Fsp3) is 0.133. The highest BCUT2D eigenvalue weighted by atomic mass is 127. The molecule has 3 aromatic rings. The molecule has 0 bridgehead atoms. The number of hydrogen-bond donors (Lipinski definition) is 0. The maximum atomic E-state index is 13.9. The molecule has 0 unspecified atom stereocenters. The molecule has 6 heteroatoms. The summed E-state index contributed by atoms with van der Waals surface area (Å²) in [6, 6.07) is 9.15. The van der Waals surface area contributed by atoms with Crippen LogP contribution in [-0.2, 0) is 5.88 Å². The third-order valence-corrected chi connectivity index (χ3v) is 5.29. The van der Waals surface area contributed by atoms with Crippen molar-refractivity contribution in [1.29, 1.82) is 0 Å². The summed E-state index contributed by atoms with van der Waals surface area (Å²) in [6.07, 6.45) is 0. The van der Waals surface area contributed by atoms with Crippen LogP contribution < -0.4 is 0 Å². The van der Waals surface area contributed by atoms with E-state index in [-0.39, 0.29) is 11.7 Å². The molecule has 2 aromatic carbocycles. The number of halogens is 4. The van der Waals surface area contributed by atoms with Gasteiger partial charge in [-0.1, -0.05) is 22.0 Å². The summed E-state index contributed by atoms with van der Waals surface area (Å²) in [6.45, 7) is 2.01. The van der Waals surface area contributed by atoms with Crippen molar-refractivity contribution >= 4 is 61.2 Å². The van der Waals surface area contributed by atoms with Gasteiger partial charge in [-0.25, -0.2) is 9.37 Å². The summed E-state index contributed by atoms with van der Waals surface area (Å²) in [4.78, 5) is 4.52. The average molecular weight is 480 g/mol. The molecule has 2 nitrogen and oxygen atoms in total. The minimum atomic E-state index is -0.252. The van der Waals surface area contributed by atoms with Gasteiger partial charge in [0.2, 0.25) is 0 Å². The fourth-order valence-corrected chi connectivity index (χ4v) is 3.31. The number of aromatic nitrogens is 2. The highest BCUT2D eigenvalue weighted by Crippen LogP contribution is 2.30. The van der Waals surface area contributed by atoms with E-state index in [0.717, 1.165) is 26.8 Å². The van der Waals surface area contributed by atoms with Crippen LogP contribution >= 0.6 is 50.1 Å². The van der Waals surface area contributed by atoms with Gasteiger partial charge in [-0.05, 0) is 53.3 Å². The van der Waals surface area contributed by atoms with Crippen molar-refractivity contribution in [2.75, 3.05) is 0 Å². The van der Waals surface area contributed by atoms with Crippen molar-refractivity contribution in [2.45, 2.75) is 12.8 Å². The third kappa shape index (κ3) is 2.59. The maximum absolute atomic E-state index is 13.9. The monoisotopic (exact) mass is 478 g/mol. The molecule has 0 fully saturated rings. The second-order valence-corrected chi connectivity index (χ2v) is 6.92. The zero-order valence-electron chi connectivity index (χ0n) is 11.0. The van der Waals surface area contributed by atoms with Crippen molar-refractivity contribution in [1.82, 2.24) is 9.55 Å². The molecule has 0 saturated heterocycles. The Balaban J connectivity index is 2.40. The molecule has 21 heavy (non-hydrogen) atoms. The molecule has 0 spiro atoms. The Bertz CT molecular complexity index is 847. The summed E-state index contributed by atoms with van der Waals surface area (Å²) in [5, 5.41) is 0. The molecule has 0 amide bonds. The molecule has 0 atom stereocenters. The Morgan fingerprint density at radius 1 is 1.38 bits per heavy atom. The van der Waals surface area contributed by atoms with Gasteiger partial charge in [-0.3, -0.25) is 4.57 Å². The van der Waals surface area contributed by atoms with Crippen LogP contribution in [0.2, 0.25) is 0 Å². The zero-order valence-corrected chi connectivity index (χ0v) is 15.5. The van der Waals surface area contributed by atoms with Crippen LogP contribution in [0.25, 0.3) is 16.7 Å². The molecule has 3 rings (SSSR count). The Hall–Kier alpha value is -0.660. The van der Waals surface area contributed by atoms with E-state index in [9.17, 15) is 4.39 Å². The second kappa shape index (κ2) is 5.85. The first kappa shape index (κ1) is 15.2. The van der Waals surface area contributed by atoms with Gasteiger partial charge in [-0.15, -0.1) is 11.6 Å². The third-order valence-electron chi connectivity index (χ3n) is 3.37. The largest absolute Gasteiger partial charge is 0.295 e. The van der Waals surface area contributed by atoms with Crippen LogP contribution in [0.1, 0.15) is 11.4 Å². The van der Waals surface area contributed by atoms with Crippen LogP contribution in [0.15, 0.2) is 34.8 Å². The van der Waals surface area contributed by atoms with Gasteiger partial charge < -0.3 is 0 Å². The molecular formula is C15H10BrClFIN2. The number of hydrogen-bond acceptors (Lipinski definition) is 1. The molecule has 0 saturated carbocycles. The van der Waals surface area contributed by atoms with Crippen LogP contribution in [0.4, 0.5) is 4.39 Å². The smallest absolute Gasteiger partial charge is 0.138 e. The molecule has 0 aliphatic heterocycles. The van der Waals surface area contributed by atoms with Gasteiger partial charge in [0.05, 0.1) is 26.2 Å². The number of benzene rings is 2.